The van der Waals surface area contributed by atoms with Crippen LogP contribution in [-0.4, -0.2) is 52.2 Å². The van der Waals surface area contributed by atoms with Gasteiger partial charge in [0, 0.05) is 0 Å². The van der Waals surface area contributed by atoms with Gasteiger partial charge in [-0.3, -0.25) is 19.4 Å². The predicted molar refractivity (Wildman–Crippen MR) is 110 cm³/mol. The molecule has 31 heavy (non-hydrogen) atoms. The van der Waals surface area contributed by atoms with Crippen molar-refractivity contribution in [3.8, 4) is 0 Å². The van der Waals surface area contributed by atoms with Crippen LogP contribution < -0.4 is 4.90 Å². The molecule has 0 saturated carbocycles. The van der Waals surface area contributed by atoms with E-state index < -0.39 is 29.8 Å². The second-order valence-electron chi connectivity index (χ2n) is 6.80. The average Bonchev–Trinajstić information content (AvgIpc) is 3.46. The van der Waals surface area contributed by atoms with E-state index in [1.54, 1.807) is 41.9 Å². The first-order chi connectivity index (χ1) is 15.0. The molecule has 3 heterocycles. The van der Waals surface area contributed by atoms with Gasteiger partial charge in [-0.15, -0.1) is 10.2 Å². The maximum atomic E-state index is 14.6. The van der Waals surface area contributed by atoms with Crippen molar-refractivity contribution >= 4 is 46.7 Å². The number of rotatable bonds is 5. The molecule has 11 heteroatoms. The maximum Gasteiger partial charge on any atom is 0.414 e. The van der Waals surface area contributed by atoms with Crippen LogP contribution in [0.15, 0.2) is 57.2 Å². The van der Waals surface area contributed by atoms with Crippen molar-refractivity contribution in [2.75, 3.05) is 18.0 Å². The summed E-state index contributed by atoms with van der Waals surface area (Å²) in [6, 6.07) is 11.0. The average molecular weight is 456 g/mol. The number of ether oxygens (including phenoxy) is 1. The Hall–Kier alpha value is -3.31. The van der Waals surface area contributed by atoms with Crippen LogP contribution in [0.5, 0.6) is 0 Å². The highest BCUT2D eigenvalue weighted by Crippen LogP contribution is 2.33. The van der Waals surface area contributed by atoms with Gasteiger partial charge < -0.3 is 4.74 Å². The first kappa shape index (κ1) is 19.6. The number of carbonyl (C=O) groups is 3. The molecule has 0 aliphatic carbocycles. The molecular weight excluding hydrogens is 443 g/mol. The first-order valence-corrected chi connectivity index (χ1v) is 10.9. The van der Waals surface area contributed by atoms with Crippen LogP contribution in [0.25, 0.3) is 0 Å². The largest absolute Gasteiger partial charge is 0.442 e. The maximum absolute atomic E-state index is 14.6. The Bertz CT molecular complexity index is 1170. The Morgan fingerprint density at radius 1 is 1.13 bits per heavy atom. The molecule has 0 unspecified atom stereocenters. The highest BCUT2D eigenvalue weighted by atomic mass is 32.2. The van der Waals surface area contributed by atoms with Crippen molar-refractivity contribution in [3.05, 3.63) is 64.9 Å². The first-order valence-electron chi connectivity index (χ1n) is 9.18. The zero-order chi connectivity index (χ0) is 21.5. The smallest absolute Gasteiger partial charge is 0.414 e. The number of hydrogen-bond donors (Lipinski definition) is 0. The minimum Gasteiger partial charge on any atom is -0.442 e. The fraction of sp³-hybridized carbons (Fsp3) is 0.150. The summed E-state index contributed by atoms with van der Waals surface area (Å²) >= 11 is 2.44. The summed E-state index contributed by atoms with van der Waals surface area (Å²) in [6.45, 7) is 0.0244. The van der Waals surface area contributed by atoms with Gasteiger partial charge in [-0.25, -0.2) is 9.18 Å². The monoisotopic (exact) mass is 456 g/mol. The third kappa shape index (κ3) is 3.55. The van der Waals surface area contributed by atoms with Gasteiger partial charge in [-0.1, -0.05) is 35.2 Å². The Labute approximate surface area is 183 Å². The summed E-state index contributed by atoms with van der Waals surface area (Å²) in [5.41, 5.74) is 2.55. The number of hydrogen-bond acceptors (Lipinski definition) is 8. The van der Waals surface area contributed by atoms with Crippen LogP contribution in [0.2, 0.25) is 0 Å². The van der Waals surface area contributed by atoms with Crippen LogP contribution in [0.4, 0.5) is 14.9 Å². The standard InChI is InChI=1S/C20H13FN4O4S2/c21-15-7-11(5-6-16(15)31-19-23-22-10-30-19)24-8-12(29-20(24)28)9-25-17(26)13-3-1-2-4-14(13)18(25)27/h1-7,10,12H,8-9H2/t12-/m1/s1. The molecule has 2 aromatic carbocycles. The van der Waals surface area contributed by atoms with Gasteiger partial charge >= 0.3 is 6.09 Å². The molecule has 0 N–H and O–H groups in total. The number of nitrogens with zero attached hydrogens (tertiary/aromatic N) is 4. The SMILES string of the molecule is O=C1c2ccccc2C(=O)N1C[C@H]1CN(c2ccc(Sc3nncs3)c(F)c2)C(=O)O1. The van der Waals surface area contributed by atoms with Crippen LogP contribution in [0.1, 0.15) is 20.7 Å². The lowest BCUT2D eigenvalue weighted by molar-refractivity contribution is 0.0558. The van der Waals surface area contributed by atoms with E-state index in [1.165, 1.54) is 22.3 Å². The zero-order valence-electron chi connectivity index (χ0n) is 15.7. The molecule has 8 nitrogen and oxygen atoms in total. The van der Waals surface area contributed by atoms with Gasteiger partial charge in [0.1, 0.15) is 17.4 Å². The number of cyclic esters (lactones) is 1. The van der Waals surface area contributed by atoms with E-state index in [2.05, 4.69) is 10.2 Å². The predicted octanol–water partition coefficient (Wildman–Crippen LogP) is 3.45. The fourth-order valence-corrected chi connectivity index (χ4v) is 4.92. The van der Waals surface area contributed by atoms with Crippen LogP contribution in [0, 0.1) is 5.82 Å². The van der Waals surface area contributed by atoms with E-state index >= 15 is 0 Å². The van der Waals surface area contributed by atoms with Crippen molar-refractivity contribution in [2.45, 2.75) is 15.3 Å². The third-order valence-electron chi connectivity index (χ3n) is 4.90. The molecule has 2 aliphatic rings. The Morgan fingerprint density at radius 2 is 1.87 bits per heavy atom. The Morgan fingerprint density at radius 3 is 2.52 bits per heavy atom. The van der Waals surface area contributed by atoms with Crippen molar-refractivity contribution in [3.63, 3.8) is 0 Å². The molecule has 156 valence electrons. The van der Waals surface area contributed by atoms with E-state index in [1.807, 2.05) is 0 Å². The summed E-state index contributed by atoms with van der Waals surface area (Å²) in [5, 5.41) is 7.59. The highest BCUT2D eigenvalue weighted by Gasteiger charge is 2.40. The van der Waals surface area contributed by atoms with E-state index in [0.29, 0.717) is 26.0 Å². The van der Waals surface area contributed by atoms with E-state index in [9.17, 15) is 18.8 Å². The number of carbonyl (C=O) groups excluding carboxylic acids is 3. The molecule has 1 fully saturated rings. The molecule has 0 bridgehead atoms. The summed E-state index contributed by atoms with van der Waals surface area (Å²) in [5.74, 6) is -1.34. The molecule has 5 rings (SSSR count). The van der Waals surface area contributed by atoms with Gasteiger partial charge in [-0.2, -0.15) is 0 Å². The minimum absolute atomic E-state index is 0.0674. The number of imide groups is 1. The number of amides is 3. The normalized spacial score (nSPS) is 18.0. The van der Waals surface area contributed by atoms with Crippen LogP contribution in [0.3, 0.4) is 0 Å². The van der Waals surface area contributed by atoms with E-state index in [-0.39, 0.29) is 13.1 Å². The Balaban J connectivity index is 1.29. The molecule has 0 radical (unpaired) electrons. The lowest BCUT2D eigenvalue weighted by atomic mass is 10.1. The van der Waals surface area contributed by atoms with Crippen molar-refractivity contribution in [2.24, 2.45) is 0 Å². The Kier molecular flexibility index (Phi) is 4.91. The lowest BCUT2D eigenvalue weighted by Crippen LogP contribution is -2.38. The van der Waals surface area contributed by atoms with E-state index in [4.69, 9.17) is 4.74 Å². The van der Waals surface area contributed by atoms with Gasteiger partial charge in [0.2, 0.25) is 0 Å². The molecule has 3 amide bonds. The second-order valence-corrected chi connectivity index (χ2v) is 8.93. The van der Waals surface area contributed by atoms with Crippen molar-refractivity contribution in [1.29, 1.82) is 0 Å². The molecular formula is C20H13FN4O4S2. The topological polar surface area (TPSA) is 92.7 Å². The minimum atomic E-state index is -0.715. The molecule has 3 aromatic rings. The number of anilines is 1. The number of halogens is 1. The molecule has 1 saturated heterocycles. The van der Waals surface area contributed by atoms with Gasteiger partial charge in [0.25, 0.3) is 11.8 Å². The van der Waals surface area contributed by atoms with E-state index in [0.717, 1.165) is 16.7 Å². The summed E-state index contributed by atoms with van der Waals surface area (Å²) < 4.78 is 20.5. The highest BCUT2D eigenvalue weighted by molar-refractivity contribution is 8.01. The van der Waals surface area contributed by atoms with Gasteiger partial charge in [0.05, 0.1) is 34.8 Å². The third-order valence-corrected chi connectivity index (χ3v) is 6.73. The summed E-state index contributed by atoms with van der Waals surface area (Å²) in [6.07, 6.45) is -1.38. The molecule has 1 atom stereocenters. The number of benzene rings is 2. The quantitative estimate of drug-likeness (QED) is 0.543. The molecule has 0 spiro atoms. The van der Waals surface area contributed by atoms with Gasteiger partial charge in [-0.05, 0) is 30.3 Å². The van der Waals surface area contributed by atoms with Crippen LogP contribution in [-0.2, 0) is 4.74 Å². The fourth-order valence-electron chi connectivity index (χ4n) is 3.48. The lowest BCUT2D eigenvalue weighted by Gasteiger charge is -2.17. The summed E-state index contributed by atoms with van der Waals surface area (Å²) in [4.78, 5) is 40.1. The molecule has 2 aliphatic heterocycles. The molecule has 1 aromatic heterocycles. The van der Waals surface area contributed by atoms with Crippen LogP contribution >= 0.6 is 23.1 Å². The van der Waals surface area contributed by atoms with Crippen molar-refractivity contribution < 1.29 is 23.5 Å². The zero-order valence-corrected chi connectivity index (χ0v) is 17.4. The number of fused-ring (bicyclic) bond motifs is 1. The van der Waals surface area contributed by atoms with Gasteiger partial charge in [0.15, 0.2) is 4.34 Å². The second kappa shape index (κ2) is 7.75. The number of aromatic nitrogens is 2. The summed E-state index contributed by atoms with van der Waals surface area (Å²) in [7, 11) is 0. The van der Waals surface area contributed by atoms with Crippen molar-refractivity contribution in [1.82, 2.24) is 15.1 Å².